The zero-order valence-corrected chi connectivity index (χ0v) is 11.9. The van der Waals surface area contributed by atoms with Crippen molar-refractivity contribution < 1.29 is 9.53 Å². The lowest BCUT2D eigenvalue weighted by Gasteiger charge is -2.15. The van der Waals surface area contributed by atoms with E-state index in [2.05, 4.69) is 5.32 Å². The van der Waals surface area contributed by atoms with Crippen LogP contribution in [0.3, 0.4) is 0 Å². The Morgan fingerprint density at radius 1 is 1.37 bits per heavy atom. The minimum Gasteiger partial charge on any atom is -0.397 e. The highest BCUT2D eigenvalue weighted by Gasteiger charge is 2.08. The van der Waals surface area contributed by atoms with E-state index in [4.69, 9.17) is 10.5 Å². The maximum atomic E-state index is 11.9. The highest BCUT2D eigenvalue weighted by Crippen LogP contribution is 2.22. The van der Waals surface area contributed by atoms with Crippen LogP contribution in [0.5, 0.6) is 0 Å². The molecule has 0 bridgehead atoms. The number of methoxy groups -OCH3 is 1. The lowest BCUT2D eigenvalue weighted by molar-refractivity contribution is 0.0951. The zero-order chi connectivity index (χ0) is 14.3. The summed E-state index contributed by atoms with van der Waals surface area (Å²) in [5.41, 5.74) is 8.03. The third-order valence-electron chi connectivity index (χ3n) is 2.83. The fourth-order valence-electron chi connectivity index (χ4n) is 1.78. The second kappa shape index (κ2) is 7.63. The molecule has 0 aliphatic rings. The molecular formula is C14H23N3O2. The monoisotopic (exact) mass is 265 g/mol. The Hall–Kier alpha value is -1.75. The molecule has 0 aromatic heterocycles. The van der Waals surface area contributed by atoms with Crippen LogP contribution < -0.4 is 16.0 Å². The lowest BCUT2D eigenvalue weighted by atomic mass is 10.1. The summed E-state index contributed by atoms with van der Waals surface area (Å²) in [6.07, 6.45) is 1.85. The predicted octanol–water partition coefficient (Wildman–Crippen LogP) is 1.49. The fraction of sp³-hybridized carbons (Fsp3) is 0.500. The van der Waals surface area contributed by atoms with Gasteiger partial charge in [-0.05, 0) is 31.0 Å². The van der Waals surface area contributed by atoms with Crippen molar-refractivity contribution in [2.45, 2.75) is 12.8 Å². The van der Waals surface area contributed by atoms with Gasteiger partial charge >= 0.3 is 0 Å². The van der Waals surface area contributed by atoms with Crippen molar-refractivity contribution in [3.63, 3.8) is 0 Å². The molecule has 0 radical (unpaired) electrons. The molecule has 0 fully saturated rings. The maximum Gasteiger partial charge on any atom is 0.251 e. The first kappa shape index (κ1) is 15.3. The maximum absolute atomic E-state index is 11.9. The molecule has 1 aromatic carbocycles. The number of unbranched alkanes of at least 4 members (excludes halogenated alkanes) is 1. The van der Waals surface area contributed by atoms with Crippen molar-refractivity contribution in [1.82, 2.24) is 5.32 Å². The quantitative estimate of drug-likeness (QED) is 0.579. The smallest absolute Gasteiger partial charge is 0.251 e. The standard InChI is InChI=1S/C14H23N3O2/c1-17(2)13-7-6-11(10-12(13)15)14(18)16-8-4-5-9-19-3/h6-7,10H,4-5,8-9,15H2,1-3H3,(H,16,18). The van der Waals surface area contributed by atoms with Crippen LogP contribution in [0.1, 0.15) is 23.2 Å². The summed E-state index contributed by atoms with van der Waals surface area (Å²) in [5, 5.41) is 2.87. The Bertz CT molecular complexity index is 419. The largest absolute Gasteiger partial charge is 0.397 e. The first-order valence-corrected chi connectivity index (χ1v) is 6.40. The molecule has 0 aliphatic heterocycles. The molecule has 5 nitrogen and oxygen atoms in total. The molecule has 1 aromatic rings. The van der Waals surface area contributed by atoms with Gasteiger partial charge in [0.25, 0.3) is 5.91 Å². The molecule has 1 amide bonds. The number of carbonyl (C=O) groups is 1. The van der Waals surface area contributed by atoms with E-state index in [9.17, 15) is 4.79 Å². The van der Waals surface area contributed by atoms with Gasteiger partial charge in [0.1, 0.15) is 0 Å². The number of rotatable bonds is 7. The van der Waals surface area contributed by atoms with E-state index in [-0.39, 0.29) is 5.91 Å². The number of benzene rings is 1. The minimum atomic E-state index is -0.0885. The van der Waals surface area contributed by atoms with Crippen LogP contribution in [0.2, 0.25) is 0 Å². The molecule has 3 N–H and O–H groups in total. The van der Waals surface area contributed by atoms with Crippen molar-refractivity contribution in [2.75, 3.05) is 45.0 Å². The Morgan fingerprint density at radius 2 is 2.11 bits per heavy atom. The second-order valence-corrected chi connectivity index (χ2v) is 4.62. The molecule has 0 aliphatic carbocycles. The van der Waals surface area contributed by atoms with E-state index < -0.39 is 0 Å². The van der Waals surface area contributed by atoms with Crippen molar-refractivity contribution in [1.29, 1.82) is 0 Å². The third-order valence-corrected chi connectivity index (χ3v) is 2.83. The Balaban J connectivity index is 2.51. The SMILES string of the molecule is COCCCCNC(=O)c1ccc(N(C)C)c(N)c1. The number of hydrogen-bond acceptors (Lipinski definition) is 4. The van der Waals surface area contributed by atoms with Crippen LogP contribution in [0, 0.1) is 0 Å². The number of nitrogens with zero attached hydrogens (tertiary/aromatic N) is 1. The Morgan fingerprint density at radius 3 is 2.68 bits per heavy atom. The molecule has 0 spiro atoms. The summed E-state index contributed by atoms with van der Waals surface area (Å²) in [4.78, 5) is 13.8. The Labute approximate surface area is 114 Å². The first-order chi connectivity index (χ1) is 9.06. The molecule has 0 heterocycles. The van der Waals surface area contributed by atoms with Gasteiger partial charge in [-0.1, -0.05) is 0 Å². The van der Waals surface area contributed by atoms with Gasteiger partial charge in [-0.3, -0.25) is 4.79 Å². The highest BCUT2D eigenvalue weighted by atomic mass is 16.5. The zero-order valence-electron chi connectivity index (χ0n) is 11.9. The van der Waals surface area contributed by atoms with Gasteiger partial charge in [-0.2, -0.15) is 0 Å². The number of hydrogen-bond donors (Lipinski definition) is 2. The van der Waals surface area contributed by atoms with Crippen LogP contribution in [0.25, 0.3) is 0 Å². The molecule has 19 heavy (non-hydrogen) atoms. The van der Waals surface area contributed by atoms with Gasteiger partial charge in [0, 0.05) is 39.9 Å². The van der Waals surface area contributed by atoms with Gasteiger partial charge in [0.2, 0.25) is 0 Å². The van der Waals surface area contributed by atoms with Crippen molar-refractivity contribution in [2.24, 2.45) is 0 Å². The Kier molecular flexibility index (Phi) is 6.15. The summed E-state index contributed by atoms with van der Waals surface area (Å²) >= 11 is 0. The number of carbonyl (C=O) groups excluding carboxylic acids is 1. The molecular weight excluding hydrogens is 242 g/mol. The topological polar surface area (TPSA) is 67.6 Å². The van der Waals surface area contributed by atoms with E-state index in [0.717, 1.165) is 25.1 Å². The minimum absolute atomic E-state index is 0.0885. The number of ether oxygens (including phenoxy) is 1. The van der Waals surface area contributed by atoms with Gasteiger partial charge in [0.15, 0.2) is 0 Å². The molecule has 0 atom stereocenters. The van der Waals surface area contributed by atoms with E-state index in [1.165, 1.54) is 0 Å². The average molecular weight is 265 g/mol. The van der Waals surface area contributed by atoms with Crippen LogP contribution in [-0.2, 0) is 4.74 Å². The first-order valence-electron chi connectivity index (χ1n) is 6.40. The second-order valence-electron chi connectivity index (χ2n) is 4.62. The highest BCUT2D eigenvalue weighted by molar-refractivity contribution is 5.96. The number of amides is 1. The third kappa shape index (κ3) is 4.79. The molecule has 106 valence electrons. The van der Waals surface area contributed by atoms with Gasteiger partial charge in [0.05, 0.1) is 11.4 Å². The van der Waals surface area contributed by atoms with Crippen LogP contribution in [-0.4, -0.2) is 40.3 Å². The number of nitrogens with one attached hydrogen (secondary N) is 1. The molecule has 5 heteroatoms. The fourth-order valence-corrected chi connectivity index (χ4v) is 1.78. The normalized spacial score (nSPS) is 10.3. The number of nitrogens with two attached hydrogens (primary N) is 1. The lowest BCUT2D eigenvalue weighted by Crippen LogP contribution is -2.25. The molecule has 0 saturated carbocycles. The van der Waals surface area contributed by atoms with E-state index in [1.54, 1.807) is 19.2 Å². The van der Waals surface area contributed by atoms with Gasteiger partial charge in [-0.25, -0.2) is 0 Å². The van der Waals surface area contributed by atoms with Crippen molar-refractivity contribution >= 4 is 17.3 Å². The summed E-state index contributed by atoms with van der Waals surface area (Å²) in [7, 11) is 5.51. The van der Waals surface area contributed by atoms with Gasteiger partial charge < -0.3 is 20.7 Å². The van der Waals surface area contributed by atoms with E-state index in [1.807, 2.05) is 25.1 Å². The van der Waals surface area contributed by atoms with Crippen molar-refractivity contribution in [3.8, 4) is 0 Å². The summed E-state index contributed by atoms with van der Waals surface area (Å²) in [6, 6.07) is 5.35. The average Bonchev–Trinajstić information content (AvgIpc) is 2.37. The summed E-state index contributed by atoms with van der Waals surface area (Å²) in [5.74, 6) is -0.0885. The van der Waals surface area contributed by atoms with E-state index >= 15 is 0 Å². The van der Waals surface area contributed by atoms with Crippen LogP contribution >= 0.6 is 0 Å². The van der Waals surface area contributed by atoms with E-state index in [0.29, 0.717) is 17.8 Å². The van der Waals surface area contributed by atoms with Crippen LogP contribution in [0.4, 0.5) is 11.4 Å². The molecule has 0 saturated heterocycles. The molecule has 0 unspecified atom stereocenters. The van der Waals surface area contributed by atoms with Crippen LogP contribution in [0.15, 0.2) is 18.2 Å². The number of nitrogen functional groups attached to an aromatic ring is 1. The number of anilines is 2. The summed E-state index contributed by atoms with van der Waals surface area (Å²) in [6.45, 7) is 1.37. The predicted molar refractivity (Wildman–Crippen MR) is 78.6 cm³/mol. The van der Waals surface area contributed by atoms with Crippen molar-refractivity contribution in [3.05, 3.63) is 23.8 Å². The molecule has 1 rings (SSSR count). The summed E-state index contributed by atoms with van der Waals surface area (Å²) < 4.78 is 4.95. The van der Waals surface area contributed by atoms with Gasteiger partial charge in [-0.15, -0.1) is 0 Å².